The van der Waals surface area contributed by atoms with Crippen LogP contribution in [0.5, 0.6) is 0 Å². The number of benzene rings is 3. The molecule has 9 heteroatoms. The SMILES string of the molecule is O=C(NC1CC1)/C(=C\c1ccc(C(=O)NCc2ccc(C(=O)NO)cc2)cc1)c1ccc(F)cc1Cl. The van der Waals surface area contributed by atoms with Crippen molar-refractivity contribution in [3.05, 3.63) is 105 Å². The highest BCUT2D eigenvalue weighted by Gasteiger charge is 2.26. The number of amides is 3. The molecule has 1 aliphatic rings. The van der Waals surface area contributed by atoms with Crippen LogP contribution in [0.2, 0.25) is 5.02 Å². The minimum Gasteiger partial charge on any atom is -0.349 e. The molecule has 3 aromatic carbocycles. The molecule has 1 saturated carbocycles. The summed E-state index contributed by atoms with van der Waals surface area (Å²) in [5.41, 5.74) is 4.46. The highest BCUT2D eigenvalue weighted by atomic mass is 35.5. The standard InChI is InChI=1S/C27H23ClFN3O4/c28-24-14-20(29)9-12-22(24)23(27(35)31-21-10-11-21)13-16-1-5-18(6-2-16)25(33)30-15-17-3-7-19(8-4-17)26(34)32-36/h1-9,12-14,21,36H,10-11,15H2,(H,30,33)(H,31,35)(H,32,34)/b23-13-. The van der Waals surface area contributed by atoms with E-state index in [1.807, 2.05) is 0 Å². The maximum Gasteiger partial charge on any atom is 0.274 e. The van der Waals surface area contributed by atoms with Crippen molar-refractivity contribution in [3.8, 4) is 0 Å². The van der Waals surface area contributed by atoms with E-state index in [9.17, 15) is 18.8 Å². The summed E-state index contributed by atoms with van der Waals surface area (Å²) in [6, 6.07) is 17.1. The summed E-state index contributed by atoms with van der Waals surface area (Å²) >= 11 is 6.23. The number of carbonyl (C=O) groups excluding carboxylic acids is 3. The van der Waals surface area contributed by atoms with Crippen LogP contribution in [0.15, 0.2) is 66.7 Å². The van der Waals surface area contributed by atoms with E-state index < -0.39 is 11.7 Å². The summed E-state index contributed by atoms with van der Waals surface area (Å²) in [7, 11) is 0. The molecule has 4 N–H and O–H groups in total. The summed E-state index contributed by atoms with van der Waals surface area (Å²) < 4.78 is 13.5. The van der Waals surface area contributed by atoms with E-state index in [-0.39, 0.29) is 29.4 Å². The van der Waals surface area contributed by atoms with Gasteiger partial charge in [-0.2, -0.15) is 0 Å². The zero-order valence-corrected chi connectivity index (χ0v) is 19.8. The first-order valence-corrected chi connectivity index (χ1v) is 11.6. The van der Waals surface area contributed by atoms with E-state index >= 15 is 0 Å². The lowest BCUT2D eigenvalue weighted by molar-refractivity contribution is -0.115. The number of halogens is 2. The highest BCUT2D eigenvalue weighted by molar-refractivity contribution is 6.36. The molecule has 1 aliphatic carbocycles. The molecule has 0 atom stereocenters. The molecular formula is C27H23ClFN3O4. The van der Waals surface area contributed by atoms with Gasteiger partial charge in [-0.05, 0) is 72.5 Å². The molecule has 0 heterocycles. The second-order valence-corrected chi connectivity index (χ2v) is 8.78. The third-order valence-electron chi connectivity index (χ3n) is 5.63. The van der Waals surface area contributed by atoms with Crippen LogP contribution in [-0.2, 0) is 11.3 Å². The van der Waals surface area contributed by atoms with Crippen LogP contribution in [-0.4, -0.2) is 29.0 Å². The van der Waals surface area contributed by atoms with Crippen molar-refractivity contribution >= 4 is 41.0 Å². The van der Waals surface area contributed by atoms with Gasteiger partial charge in [-0.25, -0.2) is 9.87 Å². The molecule has 0 radical (unpaired) electrons. The number of carbonyl (C=O) groups is 3. The lowest BCUT2D eigenvalue weighted by atomic mass is 10.0. The Balaban J connectivity index is 1.47. The molecule has 0 aliphatic heterocycles. The molecule has 4 rings (SSSR count). The van der Waals surface area contributed by atoms with Gasteiger partial charge in [0.25, 0.3) is 17.7 Å². The maximum atomic E-state index is 13.5. The highest BCUT2D eigenvalue weighted by Crippen LogP contribution is 2.29. The summed E-state index contributed by atoms with van der Waals surface area (Å²) in [4.78, 5) is 36.8. The van der Waals surface area contributed by atoms with Gasteiger partial charge in [-0.3, -0.25) is 19.6 Å². The second kappa shape index (κ2) is 11.2. The van der Waals surface area contributed by atoms with Crippen LogP contribution in [0.4, 0.5) is 4.39 Å². The van der Waals surface area contributed by atoms with Crippen LogP contribution >= 0.6 is 11.6 Å². The van der Waals surface area contributed by atoms with E-state index in [2.05, 4.69) is 10.6 Å². The quantitative estimate of drug-likeness (QED) is 0.157. The smallest absolute Gasteiger partial charge is 0.274 e. The van der Waals surface area contributed by atoms with Crippen molar-refractivity contribution in [2.24, 2.45) is 0 Å². The fourth-order valence-electron chi connectivity index (χ4n) is 3.48. The fraction of sp³-hybridized carbons (Fsp3) is 0.148. The molecule has 0 unspecified atom stereocenters. The molecule has 3 aromatic rings. The van der Waals surface area contributed by atoms with Gasteiger partial charge in [0.1, 0.15) is 5.82 Å². The summed E-state index contributed by atoms with van der Waals surface area (Å²) in [5, 5.41) is 14.5. The number of hydrogen-bond acceptors (Lipinski definition) is 4. The van der Waals surface area contributed by atoms with Gasteiger partial charge in [-0.15, -0.1) is 0 Å². The Morgan fingerprint density at radius 3 is 2.19 bits per heavy atom. The first-order valence-electron chi connectivity index (χ1n) is 11.2. The number of rotatable bonds is 8. The molecule has 36 heavy (non-hydrogen) atoms. The van der Waals surface area contributed by atoms with Crippen molar-refractivity contribution in [1.29, 1.82) is 0 Å². The average molecular weight is 508 g/mol. The predicted molar refractivity (Wildman–Crippen MR) is 134 cm³/mol. The molecule has 184 valence electrons. The molecule has 7 nitrogen and oxygen atoms in total. The Hall–Kier alpha value is -4.01. The number of hydrogen-bond donors (Lipinski definition) is 4. The first-order chi connectivity index (χ1) is 17.3. The Morgan fingerprint density at radius 1 is 0.944 bits per heavy atom. The molecular weight excluding hydrogens is 485 g/mol. The first kappa shape index (κ1) is 25.1. The van der Waals surface area contributed by atoms with Crippen LogP contribution in [0.3, 0.4) is 0 Å². The Bertz CT molecular complexity index is 1320. The van der Waals surface area contributed by atoms with Crippen molar-refractivity contribution in [2.75, 3.05) is 0 Å². The van der Waals surface area contributed by atoms with Gasteiger partial charge in [0.2, 0.25) is 0 Å². The topological polar surface area (TPSA) is 108 Å². The molecule has 1 fully saturated rings. The van der Waals surface area contributed by atoms with Crippen LogP contribution < -0.4 is 16.1 Å². The molecule has 0 saturated heterocycles. The van der Waals surface area contributed by atoms with E-state index in [0.717, 1.165) is 24.5 Å². The van der Waals surface area contributed by atoms with Gasteiger partial charge in [0.05, 0.1) is 5.02 Å². The Labute approximate surface area is 211 Å². The van der Waals surface area contributed by atoms with Crippen LogP contribution in [0.1, 0.15) is 50.2 Å². The van der Waals surface area contributed by atoms with E-state index in [4.69, 9.17) is 16.8 Å². The number of nitrogens with one attached hydrogen (secondary N) is 3. The summed E-state index contributed by atoms with van der Waals surface area (Å²) in [5.74, 6) is -1.70. The van der Waals surface area contributed by atoms with E-state index in [0.29, 0.717) is 27.8 Å². The van der Waals surface area contributed by atoms with Gasteiger partial charge < -0.3 is 10.6 Å². The van der Waals surface area contributed by atoms with Gasteiger partial charge in [0, 0.05) is 34.9 Å². The third kappa shape index (κ3) is 6.35. The van der Waals surface area contributed by atoms with Gasteiger partial charge in [-0.1, -0.05) is 35.9 Å². The third-order valence-corrected chi connectivity index (χ3v) is 5.95. The van der Waals surface area contributed by atoms with E-state index in [1.54, 1.807) is 60.1 Å². The Morgan fingerprint density at radius 2 is 1.58 bits per heavy atom. The molecule has 0 spiro atoms. The Kier molecular flexibility index (Phi) is 7.77. The van der Waals surface area contributed by atoms with Crippen molar-refractivity contribution in [2.45, 2.75) is 25.4 Å². The largest absolute Gasteiger partial charge is 0.349 e. The summed E-state index contributed by atoms with van der Waals surface area (Å²) in [6.07, 6.45) is 3.49. The van der Waals surface area contributed by atoms with Crippen molar-refractivity contribution in [3.63, 3.8) is 0 Å². The minimum absolute atomic E-state index is 0.133. The minimum atomic E-state index is -0.616. The molecule has 3 amide bonds. The maximum absolute atomic E-state index is 13.5. The number of hydroxylamine groups is 1. The lowest BCUT2D eigenvalue weighted by Gasteiger charge is -2.11. The zero-order valence-electron chi connectivity index (χ0n) is 19.1. The molecule has 0 bridgehead atoms. The summed E-state index contributed by atoms with van der Waals surface area (Å²) in [6.45, 7) is 0.246. The zero-order chi connectivity index (χ0) is 25.7. The average Bonchev–Trinajstić information content (AvgIpc) is 3.70. The van der Waals surface area contributed by atoms with Gasteiger partial charge >= 0.3 is 0 Å². The predicted octanol–water partition coefficient (Wildman–Crippen LogP) is 4.35. The van der Waals surface area contributed by atoms with Gasteiger partial charge in [0.15, 0.2) is 0 Å². The van der Waals surface area contributed by atoms with Crippen LogP contribution in [0.25, 0.3) is 11.6 Å². The van der Waals surface area contributed by atoms with Crippen molar-refractivity contribution < 1.29 is 24.0 Å². The van der Waals surface area contributed by atoms with Crippen LogP contribution in [0, 0.1) is 5.82 Å². The van der Waals surface area contributed by atoms with E-state index in [1.165, 1.54) is 12.1 Å². The second-order valence-electron chi connectivity index (χ2n) is 8.37. The normalized spacial score (nSPS) is 13.1. The monoisotopic (exact) mass is 507 g/mol. The lowest BCUT2D eigenvalue weighted by Crippen LogP contribution is -2.26. The molecule has 0 aromatic heterocycles. The fourth-order valence-corrected chi connectivity index (χ4v) is 3.75. The van der Waals surface area contributed by atoms with Crippen molar-refractivity contribution in [1.82, 2.24) is 16.1 Å².